The molecule has 0 radical (unpaired) electrons. The van der Waals surface area contributed by atoms with Crippen LogP contribution in [0, 0.1) is 0 Å². The Morgan fingerprint density at radius 3 is 3.19 bits per heavy atom. The Bertz CT molecular complexity index is 478. The summed E-state index contributed by atoms with van der Waals surface area (Å²) in [5.41, 5.74) is 2.12. The van der Waals surface area contributed by atoms with Crippen LogP contribution in [0.5, 0.6) is 0 Å². The van der Waals surface area contributed by atoms with E-state index in [0.29, 0.717) is 12.6 Å². The zero-order chi connectivity index (χ0) is 11.1. The highest BCUT2D eigenvalue weighted by molar-refractivity contribution is 5.22. The number of nitrogens with one attached hydrogen (secondary N) is 1. The summed E-state index contributed by atoms with van der Waals surface area (Å²) in [5.74, 6) is 1.00. The highest BCUT2D eigenvalue weighted by atomic mass is 16.1. The summed E-state index contributed by atoms with van der Waals surface area (Å²) in [7, 11) is 0. The van der Waals surface area contributed by atoms with Crippen LogP contribution in [0.3, 0.4) is 0 Å². The van der Waals surface area contributed by atoms with Gasteiger partial charge in [0.25, 0.3) is 5.56 Å². The van der Waals surface area contributed by atoms with Gasteiger partial charge in [-0.05, 0) is 19.8 Å². The first-order chi connectivity index (χ1) is 7.77. The van der Waals surface area contributed by atoms with Gasteiger partial charge in [-0.15, -0.1) is 0 Å². The van der Waals surface area contributed by atoms with Crippen molar-refractivity contribution >= 4 is 0 Å². The molecule has 1 aromatic heterocycles. The molecule has 16 heavy (non-hydrogen) atoms. The van der Waals surface area contributed by atoms with Crippen molar-refractivity contribution in [2.24, 2.45) is 0 Å². The van der Waals surface area contributed by atoms with Crippen LogP contribution in [-0.2, 0) is 19.4 Å². The van der Waals surface area contributed by atoms with Gasteiger partial charge in [0.05, 0.1) is 11.3 Å². The molecule has 0 aromatic carbocycles. The standard InChI is InChI=1S/C12H17N3O/c1-8-3-2-4-11-14-10-5-6-13-7-9(10)12(16)15(8)11/h8,13H,2-7H2,1H3. The van der Waals surface area contributed by atoms with Crippen LogP contribution < -0.4 is 10.9 Å². The number of aromatic nitrogens is 2. The van der Waals surface area contributed by atoms with E-state index in [1.165, 1.54) is 0 Å². The second kappa shape index (κ2) is 3.70. The van der Waals surface area contributed by atoms with Crippen LogP contribution >= 0.6 is 0 Å². The lowest BCUT2D eigenvalue weighted by atomic mass is 10.0. The highest BCUT2D eigenvalue weighted by Crippen LogP contribution is 2.22. The molecule has 1 aromatic rings. The maximum absolute atomic E-state index is 12.4. The van der Waals surface area contributed by atoms with Crippen LogP contribution in [0.2, 0.25) is 0 Å². The zero-order valence-corrected chi connectivity index (χ0v) is 9.62. The minimum Gasteiger partial charge on any atom is -0.312 e. The molecule has 0 saturated carbocycles. The number of hydrogen-bond acceptors (Lipinski definition) is 3. The zero-order valence-electron chi connectivity index (χ0n) is 9.62. The Kier molecular flexibility index (Phi) is 2.32. The van der Waals surface area contributed by atoms with Crippen molar-refractivity contribution in [1.29, 1.82) is 0 Å². The molecule has 0 aliphatic carbocycles. The number of aryl methyl sites for hydroxylation is 1. The van der Waals surface area contributed by atoms with Gasteiger partial charge in [0, 0.05) is 32.0 Å². The molecule has 4 heteroatoms. The van der Waals surface area contributed by atoms with Gasteiger partial charge in [-0.2, -0.15) is 0 Å². The minimum atomic E-state index is 0.194. The van der Waals surface area contributed by atoms with Gasteiger partial charge in [0.1, 0.15) is 5.82 Å². The van der Waals surface area contributed by atoms with Crippen LogP contribution in [0.4, 0.5) is 0 Å². The lowest BCUT2D eigenvalue weighted by Gasteiger charge is -2.27. The largest absolute Gasteiger partial charge is 0.312 e. The van der Waals surface area contributed by atoms with Gasteiger partial charge in [0.2, 0.25) is 0 Å². The van der Waals surface area contributed by atoms with Crippen LogP contribution in [0.25, 0.3) is 0 Å². The maximum atomic E-state index is 12.4. The van der Waals surface area contributed by atoms with E-state index in [1.807, 2.05) is 4.57 Å². The average Bonchev–Trinajstić information content (AvgIpc) is 2.29. The van der Waals surface area contributed by atoms with E-state index >= 15 is 0 Å². The first-order valence-corrected chi connectivity index (χ1v) is 6.11. The number of rotatable bonds is 0. The fourth-order valence-corrected chi connectivity index (χ4v) is 2.78. The Morgan fingerprint density at radius 1 is 1.44 bits per heavy atom. The summed E-state index contributed by atoms with van der Waals surface area (Å²) in [6.45, 7) is 3.75. The third-order valence-electron chi connectivity index (χ3n) is 3.67. The lowest BCUT2D eigenvalue weighted by Crippen LogP contribution is -2.39. The minimum absolute atomic E-state index is 0.194. The molecule has 0 bridgehead atoms. The smallest absolute Gasteiger partial charge is 0.258 e. The lowest BCUT2D eigenvalue weighted by molar-refractivity contribution is 0.396. The van der Waals surface area contributed by atoms with Crippen molar-refractivity contribution in [3.05, 3.63) is 27.4 Å². The van der Waals surface area contributed by atoms with E-state index in [1.54, 1.807) is 0 Å². The van der Waals surface area contributed by atoms with E-state index in [4.69, 9.17) is 0 Å². The molecule has 0 saturated heterocycles. The molecule has 1 unspecified atom stereocenters. The van der Waals surface area contributed by atoms with E-state index in [-0.39, 0.29) is 5.56 Å². The molecule has 0 amide bonds. The Labute approximate surface area is 94.7 Å². The summed E-state index contributed by atoms with van der Waals surface area (Å²) >= 11 is 0. The Morgan fingerprint density at radius 2 is 2.31 bits per heavy atom. The molecule has 3 rings (SSSR count). The molecule has 0 fully saturated rings. The van der Waals surface area contributed by atoms with Crippen molar-refractivity contribution in [1.82, 2.24) is 14.9 Å². The van der Waals surface area contributed by atoms with E-state index < -0.39 is 0 Å². The quantitative estimate of drug-likeness (QED) is 0.701. The van der Waals surface area contributed by atoms with Crippen LogP contribution in [0.15, 0.2) is 4.79 Å². The summed E-state index contributed by atoms with van der Waals surface area (Å²) in [6, 6.07) is 0.316. The number of fused-ring (bicyclic) bond motifs is 2. The first-order valence-electron chi connectivity index (χ1n) is 6.11. The van der Waals surface area contributed by atoms with Crippen molar-refractivity contribution in [2.75, 3.05) is 6.54 Å². The molecular formula is C12H17N3O. The van der Waals surface area contributed by atoms with Crippen LogP contribution in [-0.4, -0.2) is 16.1 Å². The second-order valence-electron chi connectivity index (χ2n) is 4.80. The van der Waals surface area contributed by atoms with Gasteiger partial charge < -0.3 is 5.32 Å². The fraction of sp³-hybridized carbons (Fsp3) is 0.667. The monoisotopic (exact) mass is 219 g/mol. The summed E-state index contributed by atoms with van der Waals surface area (Å²) in [4.78, 5) is 17.0. The van der Waals surface area contributed by atoms with E-state index in [0.717, 1.165) is 49.3 Å². The predicted molar refractivity (Wildman–Crippen MR) is 61.6 cm³/mol. The van der Waals surface area contributed by atoms with Gasteiger partial charge in [0.15, 0.2) is 0 Å². The van der Waals surface area contributed by atoms with Crippen molar-refractivity contribution in [2.45, 2.75) is 45.2 Å². The molecule has 0 spiro atoms. The molecule has 4 nitrogen and oxygen atoms in total. The van der Waals surface area contributed by atoms with E-state index in [9.17, 15) is 4.79 Å². The van der Waals surface area contributed by atoms with E-state index in [2.05, 4.69) is 17.2 Å². The fourth-order valence-electron chi connectivity index (χ4n) is 2.78. The number of hydrogen-bond donors (Lipinski definition) is 1. The summed E-state index contributed by atoms with van der Waals surface area (Å²) in [6.07, 6.45) is 4.11. The Balaban J connectivity index is 2.22. The topological polar surface area (TPSA) is 46.9 Å². The predicted octanol–water partition coefficient (Wildman–Crippen LogP) is 0.786. The van der Waals surface area contributed by atoms with Crippen LogP contribution in [0.1, 0.15) is 42.9 Å². The van der Waals surface area contributed by atoms with Gasteiger partial charge in [-0.1, -0.05) is 0 Å². The van der Waals surface area contributed by atoms with Crippen molar-refractivity contribution < 1.29 is 0 Å². The number of nitrogens with zero attached hydrogens (tertiary/aromatic N) is 2. The van der Waals surface area contributed by atoms with Gasteiger partial charge in [-0.3, -0.25) is 9.36 Å². The second-order valence-corrected chi connectivity index (χ2v) is 4.80. The average molecular weight is 219 g/mol. The molecule has 2 aliphatic heterocycles. The normalized spacial score (nSPS) is 23.7. The molecule has 2 aliphatic rings. The Hall–Kier alpha value is -1.16. The molecule has 1 N–H and O–H groups in total. The van der Waals surface area contributed by atoms with Crippen molar-refractivity contribution in [3.63, 3.8) is 0 Å². The maximum Gasteiger partial charge on any atom is 0.258 e. The first kappa shape index (κ1) is 10.0. The third kappa shape index (κ3) is 1.40. The van der Waals surface area contributed by atoms with Crippen molar-refractivity contribution in [3.8, 4) is 0 Å². The molecule has 1 atom stereocenters. The molecular weight excluding hydrogens is 202 g/mol. The highest BCUT2D eigenvalue weighted by Gasteiger charge is 2.23. The molecule has 3 heterocycles. The van der Waals surface area contributed by atoms with Gasteiger partial charge >= 0.3 is 0 Å². The molecule has 86 valence electrons. The summed E-state index contributed by atoms with van der Waals surface area (Å²) in [5, 5.41) is 3.25. The SMILES string of the molecule is CC1CCCc2nc3c(c(=O)n21)CNCC3. The third-order valence-corrected chi connectivity index (χ3v) is 3.67. The summed E-state index contributed by atoms with van der Waals surface area (Å²) < 4.78 is 1.91. The van der Waals surface area contributed by atoms with Gasteiger partial charge in [-0.25, -0.2) is 4.98 Å².